The number of amides is 1. The fourth-order valence-electron chi connectivity index (χ4n) is 3.40. The summed E-state index contributed by atoms with van der Waals surface area (Å²) in [7, 11) is 1.56. The van der Waals surface area contributed by atoms with E-state index in [2.05, 4.69) is 20.7 Å². The van der Waals surface area contributed by atoms with Crippen LogP contribution in [0.2, 0.25) is 0 Å². The van der Waals surface area contributed by atoms with Crippen LogP contribution in [0, 0.1) is 13.8 Å². The van der Waals surface area contributed by atoms with Crippen LogP contribution in [0.5, 0.6) is 5.75 Å². The number of nitrogens with zero attached hydrogens (tertiary/aromatic N) is 3. The Morgan fingerprint density at radius 3 is 2.69 bits per heavy atom. The Morgan fingerprint density at radius 1 is 1.12 bits per heavy atom. The van der Waals surface area contributed by atoms with Gasteiger partial charge < -0.3 is 20.5 Å². The predicted molar refractivity (Wildman–Crippen MR) is 120 cm³/mol. The Balaban J connectivity index is 1.65. The summed E-state index contributed by atoms with van der Waals surface area (Å²) >= 11 is 0. The summed E-state index contributed by atoms with van der Waals surface area (Å²) in [5.74, 6) is -0.226. The highest BCUT2D eigenvalue weighted by Crippen LogP contribution is 2.28. The number of benzene rings is 2. The average Bonchev–Trinajstić information content (AvgIpc) is 3.13. The van der Waals surface area contributed by atoms with Gasteiger partial charge in [-0.05, 0) is 49.2 Å². The number of ether oxygens (including phenoxy) is 1. The third-order valence-corrected chi connectivity index (χ3v) is 5.14. The van der Waals surface area contributed by atoms with E-state index >= 15 is 0 Å². The molecule has 4 aromatic rings. The van der Waals surface area contributed by atoms with E-state index in [1.807, 2.05) is 13.0 Å². The second kappa shape index (κ2) is 8.38. The lowest BCUT2D eigenvalue weighted by molar-refractivity contribution is 0.0696. The molecule has 9 heteroatoms. The van der Waals surface area contributed by atoms with E-state index in [4.69, 9.17) is 4.74 Å². The van der Waals surface area contributed by atoms with Crippen molar-refractivity contribution in [1.82, 2.24) is 14.6 Å². The van der Waals surface area contributed by atoms with Gasteiger partial charge in [-0.15, -0.1) is 0 Å². The van der Waals surface area contributed by atoms with Gasteiger partial charge in [0.05, 0.1) is 12.7 Å². The van der Waals surface area contributed by atoms with Crippen LogP contribution >= 0.6 is 0 Å². The molecule has 0 atom stereocenters. The van der Waals surface area contributed by atoms with E-state index in [9.17, 15) is 14.7 Å². The summed E-state index contributed by atoms with van der Waals surface area (Å²) in [4.78, 5) is 28.6. The van der Waals surface area contributed by atoms with Crippen molar-refractivity contribution in [1.29, 1.82) is 0 Å². The fraction of sp³-hybridized carbons (Fsp3) is 0.130. The number of carboxylic acids is 1. The SMILES string of the molecule is COc1cccc(NC(=O)c2ccc(C)c(Nc3ncnn4cc(C(=O)O)c(C)c34)c2)c1. The van der Waals surface area contributed by atoms with Gasteiger partial charge in [-0.25, -0.2) is 14.3 Å². The van der Waals surface area contributed by atoms with Gasteiger partial charge in [0.1, 0.15) is 17.6 Å². The zero-order valence-electron chi connectivity index (χ0n) is 17.7. The molecule has 2 aromatic heterocycles. The maximum absolute atomic E-state index is 12.8. The van der Waals surface area contributed by atoms with Crippen LogP contribution in [0.1, 0.15) is 31.8 Å². The van der Waals surface area contributed by atoms with Crippen LogP contribution in [0.4, 0.5) is 17.2 Å². The van der Waals surface area contributed by atoms with Gasteiger partial charge in [-0.3, -0.25) is 4.79 Å². The molecule has 0 fully saturated rings. The third kappa shape index (κ3) is 3.95. The molecule has 0 saturated heterocycles. The Bertz CT molecular complexity index is 1350. The lowest BCUT2D eigenvalue weighted by atomic mass is 10.1. The molecular formula is C23H21N5O4. The largest absolute Gasteiger partial charge is 0.497 e. The maximum Gasteiger partial charge on any atom is 0.337 e. The first-order valence-corrected chi connectivity index (χ1v) is 9.76. The van der Waals surface area contributed by atoms with Crippen LogP contribution in [-0.2, 0) is 0 Å². The molecule has 3 N–H and O–H groups in total. The molecule has 0 unspecified atom stereocenters. The van der Waals surface area contributed by atoms with Gasteiger partial charge in [0.15, 0.2) is 5.82 Å². The number of nitrogens with one attached hydrogen (secondary N) is 2. The molecule has 0 aliphatic heterocycles. The zero-order chi connectivity index (χ0) is 22.8. The Hall–Kier alpha value is -4.40. The number of carboxylic acid groups (broad SMARTS) is 1. The number of methoxy groups -OCH3 is 1. The number of hydrogen-bond acceptors (Lipinski definition) is 6. The number of aromatic carboxylic acids is 1. The Kier molecular flexibility index (Phi) is 5.46. The van der Waals surface area contributed by atoms with Crippen molar-refractivity contribution in [3.8, 4) is 5.75 Å². The second-order valence-electron chi connectivity index (χ2n) is 7.22. The van der Waals surface area contributed by atoms with Crippen LogP contribution in [0.3, 0.4) is 0 Å². The van der Waals surface area contributed by atoms with E-state index in [0.717, 1.165) is 5.56 Å². The minimum Gasteiger partial charge on any atom is -0.497 e. The highest BCUT2D eigenvalue weighted by atomic mass is 16.5. The normalized spacial score (nSPS) is 10.7. The minimum atomic E-state index is -1.04. The van der Waals surface area contributed by atoms with Crippen molar-refractivity contribution in [3.63, 3.8) is 0 Å². The van der Waals surface area contributed by atoms with E-state index in [1.165, 1.54) is 17.0 Å². The predicted octanol–water partition coefficient (Wildman–Crippen LogP) is 4.05. The van der Waals surface area contributed by atoms with Crippen molar-refractivity contribution < 1.29 is 19.4 Å². The monoisotopic (exact) mass is 431 g/mol. The first kappa shape index (κ1) is 20.9. The topological polar surface area (TPSA) is 118 Å². The summed E-state index contributed by atoms with van der Waals surface area (Å²) in [5, 5.41) is 19.6. The smallest absolute Gasteiger partial charge is 0.337 e. The molecule has 32 heavy (non-hydrogen) atoms. The standard InChI is InChI=1S/C23H21N5O4/c1-13-7-8-15(22(29)26-16-5-4-6-17(10-16)32-3)9-19(13)27-21-20-14(2)18(23(30)31)11-28(20)25-12-24-21/h4-12H,1-3H3,(H,26,29)(H,30,31)(H,24,25,27). The quantitative estimate of drug-likeness (QED) is 0.421. The zero-order valence-corrected chi connectivity index (χ0v) is 17.7. The van der Waals surface area contributed by atoms with Crippen LogP contribution in [0.25, 0.3) is 5.52 Å². The Morgan fingerprint density at radius 2 is 1.94 bits per heavy atom. The summed E-state index contributed by atoms with van der Waals surface area (Å²) < 4.78 is 6.67. The Labute approximate surface area is 183 Å². The van der Waals surface area contributed by atoms with Crippen molar-refractivity contribution >= 4 is 34.6 Å². The number of anilines is 3. The number of carbonyl (C=O) groups excluding carboxylic acids is 1. The second-order valence-corrected chi connectivity index (χ2v) is 7.22. The van der Waals surface area contributed by atoms with Crippen molar-refractivity contribution in [3.05, 3.63) is 77.2 Å². The lowest BCUT2D eigenvalue weighted by Crippen LogP contribution is -2.12. The maximum atomic E-state index is 12.8. The molecule has 162 valence electrons. The number of aryl methyl sites for hydroxylation is 2. The van der Waals surface area contributed by atoms with Crippen LogP contribution < -0.4 is 15.4 Å². The number of fused-ring (bicyclic) bond motifs is 1. The molecule has 2 heterocycles. The molecule has 0 radical (unpaired) electrons. The van der Waals surface area contributed by atoms with E-state index in [1.54, 1.807) is 50.4 Å². The van der Waals surface area contributed by atoms with Crippen LogP contribution in [-0.4, -0.2) is 38.7 Å². The molecule has 0 bridgehead atoms. The average molecular weight is 431 g/mol. The molecule has 1 amide bonds. The number of carbonyl (C=O) groups is 2. The third-order valence-electron chi connectivity index (χ3n) is 5.14. The van der Waals surface area contributed by atoms with Gasteiger partial charge in [0.2, 0.25) is 0 Å². The van der Waals surface area contributed by atoms with Crippen molar-refractivity contribution in [2.24, 2.45) is 0 Å². The first-order chi connectivity index (χ1) is 15.4. The number of rotatable bonds is 6. The summed E-state index contributed by atoms with van der Waals surface area (Å²) in [6.07, 6.45) is 2.79. The molecule has 2 aromatic carbocycles. The van der Waals surface area contributed by atoms with E-state index < -0.39 is 5.97 Å². The minimum absolute atomic E-state index is 0.150. The van der Waals surface area contributed by atoms with Gasteiger partial charge in [-0.2, -0.15) is 5.10 Å². The molecule has 4 rings (SSSR count). The van der Waals surface area contributed by atoms with Crippen molar-refractivity contribution in [2.75, 3.05) is 17.7 Å². The van der Waals surface area contributed by atoms with E-state index in [-0.39, 0.29) is 11.5 Å². The van der Waals surface area contributed by atoms with Crippen LogP contribution in [0.15, 0.2) is 55.0 Å². The number of aromatic nitrogens is 3. The first-order valence-electron chi connectivity index (χ1n) is 9.76. The molecule has 0 spiro atoms. The molecule has 9 nitrogen and oxygen atoms in total. The van der Waals surface area contributed by atoms with Gasteiger partial charge in [0.25, 0.3) is 5.91 Å². The molecule has 0 aliphatic carbocycles. The van der Waals surface area contributed by atoms with Gasteiger partial charge in [-0.1, -0.05) is 12.1 Å². The fourth-order valence-corrected chi connectivity index (χ4v) is 3.40. The molecule has 0 saturated carbocycles. The lowest BCUT2D eigenvalue weighted by Gasteiger charge is -2.13. The van der Waals surface area contributed by atoms with Gasteiger partial charge >= 0.3 is 5.97 Å². The van der Waals surface area contributed by atoms with Gasteiger partial charge in [0, 0.05) is 29.2 Å². The molecular weight excluding hydrogens is 410 g/mol. The highest BCUT2D eigenvalue weighted by molar-refractivity contribution is 6.05. The van der Waals surface area contributed by atoms with Crippen molar-refractivity contribution in [2.45, 2.75) is 13.8 Å². The van der Waals surface area contributed by atoms with E-state index in [0.29, 0.717) is 39.6 Å². The molecule has 0 aliphatic rings. The highest BCUT2D eigenvalue weighted by Gasteiger charge is 2.18. The summed E-state index contributed by atoms with van der Waals surface area (Å²) in [6, 6.07) is 12.4. The summed E-state index contributed by atoms with van der Waals surface area (Å²) in [5.41, 5.74) is 3.87. The number of hydrogen-bond donors (Lipinski definition) is 3. The summed E-state index contributed by atoms with van der Waals surface area (Å²) in [6.45, 7) is 3.61.